The maximum absolute atomic E-state index is 6.15. The number of H-pyrrole nitrogens is 1. The molecule has 0 aromatic carbocycles. The molecule has 0 aliphatic heterocycles. The monoisotopic (exact) mass is 193 g/mol. The average Bonchev–Trinajstić information content (AvgIpc) is 2.75. The van der Waals surface area contributed by atoms with Crippen LogP contribution >= 0.6 is 0 Å². The summed E-state index contributed by atoms with van der Waals surface area (Å²) in [5.74, 6) is 0.840. The molecule has 1 fully saturated rings. The SMILES string of the molecule is Cc1cn[nH]c1C(N)CC1CCCC1. The molecule has 1 saturated carbocycles. The van der Waals surface area contributed by atoms with Crippen LogP contribution in [0.1, 0.15) is 49.4 Å². The first-order valence-electron chi connectivity index (χ1n) is 5.53. The minimum absolute atomic E-state index is 0.153. The molecule has 1 aromatic heterocycles. The molecule has 0 radical (unpaired) electrons. The van der Waals surface area contributed by atoms with Crippen molar-refractivity contribution in [3.63, 3.8) is 0 Å². The zero-order valence-electron chi connectivity index (χ0n) is 8.79. The van der Waals surface area contributed by atoms with Gasteiger partial charge in [-0.15, -0.1) is 0 Å². The number of aromatic nitrogens is 2. The Morgan fingerprint density at radius 1 is 1.57 bits per heavy atom. The van der Waals surface area contributed by atoms with Gasteiger partial charge in [-0.1, -0.05) is 25.7 Å². The number of nitrogens with one attached hydrogen (secondary N) is 1. The third kappa shape index (κ3) is 1.98. The van der Waals surface area contributed by atoms with E-state index in [9.17, 15) is 0 Å². The van der Waals surface area contributed by atoms with E-state index in [-0.39, 0.29) is 6.04 Å². The highest BCUT2D eigenvalue weighted by Gasteiger charge is 2.20. The van der Waals surface area contributed by atoms with E-state index >= 15 is 0 Å². The third-order valence-electron chi connectivity index (χ3n) is 3.30. The molecule has 1 aromatic rings. The van der Waals surface area contributed by atoms with Crippen LogP contribution in [0.25, 0.3) is 0 Å². The van der Waals surface area contributed by atoms with Crippen LogP contribution in [0.2, 0.25) is 0 Å². The first kappa shape index (κ1) is 9.71. The zero-order chi connectivity index (χ0) is 9.97. The minimum Gasteiger partial charge on any atom is -0.323 e. The molecule has 0 bridgehead atoms. The number of nitrogens with zero attached hydrogens (tertiary/aromatic N) is 1. The Kier molecular flexibility index (Phi) is 2.87. The number of rotatable bonds is 3. The van der Waals surface area contributed by atoms with Crippen molar-refractivity contribution in [2.45, 2.75) is 45.1 Å². The number of aromatic amines is 1. The van der Waals surface area contributed by atoms with E-state index in [2.05, 4.69) is 17.1 Å². The number of hydrogen-bond acceptors (Lipinski definition) is 2. The van der Waals surface area contributed by atoms with Gasteiger partial charge in [0.15, 0.2) is 0 Å². The zero-order valence-corrected chi connectivity index (χ0v) is 8.79. The van der Waals surface area contributed by atoms with Crippen LogP contribution in [0.4, 0.5) is 0 Å². The Labute approximate surface area is 85.1 Å². The summed E-state index contributed by atoms with van der Waals surface area (Å²) in [5.41, 5.74) is 8.46. The van der Waals surface area contributed by atoms with E-state index in [0.717, 1.165) is 18.0 Å². The summed E-state index contributed by atoms with van der Waals surface area (Å²) in [6.45, 7) is 2.06. The van der Waals surface area contributed by atoms with Gasteiger partial charge in [0.1, 0.15) is 0 Å². The molecule has 3 N–H and O–H groups in total. The molecule has 2 rings (SSSR count). The summed E-state index contributed by atoms with van der Waals surface area (Å²) >= 11 is 0. The van der Waals surface area contributed by atoms with Gasteiger partial charge in [-0.2, -0.15) is 5.10 Å². The molecule has 1 atom stereocenters. The number of hydrogen-bond donors (Lipinski definition) is 2. The average molecular weight is 193 g/mol. The van der Waals surface area contributed by atoms with Crippen molar-refractivity contribution >= 4 is 0 Å². The van der Waals surface area contributed by atoms with Gasteiger partial charge in [0.2, 0.25) is 0 Å². The fraction of sp³-hybridized carbons (Fsp3) is 0.727. The summed E-state index contributed by atoms with van der Waals surface area (Å²) in [5, 5.41) is 7.02. The van der Waals surface area contributed by atoms with Crippen LogP contribution in [-0.4, -0.2) is 10.2 Å². The number of nitrogens with two attached hydrogens (primary N) is 1. The molecular weight excluding hydrogens is 174 g/mol. The lowest BCUT2D eigenvalue weighted by Crippen LogP contribution is -2.15. The second-order valence-corrected chi connectivity index (χ2v) is 4.46. The van der Waals surface area contributed by atoms with Crippen molar-refractivity contribution in [3.8, 4) is 0 Å². The van der Waals surface area contributed by atoms with E-state index in [0.29, 0.717) is 0 Å². The summed E-state index contributed by atoms with van der Waals surface area (Å²) in [4.78, 5) is 0. The molecule has 14 heavy (non-hydrogen) atoms. The van der Waals surface area contributed by atoms with Crippen molar-refractivity contribution in [2.24, 2.45) is 11.7 Å². The van der Waals surface area contributed by atoms with Crippen LogP contribution < -0.4 is 5.73 Å². The Morgan fingerprint density at radius 3 is 2.86 bits per heavy atom. The molecule has 1 aliphatic carbocycles. The Balaban J connectivity index is 1.95. The molecule has 1 heterocycles. The summed E-state index contributed by atoms with van der Waals surface area (Å²) < 4.78 is 0. The van der Waals surface area contributed by atoms with E-state index in [1.165, 1.54) is 31.2 Å². The lowest BCUT2D eigenvalue weighted by molar-refractivity contribution is 0.444. The predicted octanol–water partition coefficient (Wildman–Crippen LogP) is 2.30. The van der Waals surface area contributed by atoms with Gasteiger partial charge in [-0.25, -0.2) is 0 Å². The summed E-state index contributed by atoms with van der Waals surface area (Å²) in [6.07, 6.45) is 8.47. The van der Waals surface area contributed by atoms with Crippen molar-refractivity contribution in [2.75, 3.05) is 0 Å². The Morgan fingerprint density at radius 2 is 2.29 bits per heavy atom. The fourth-order valence-corrected chi connectivity index (χ4v) is 2.45. The molecule has 0 saturated heterocycles. The van der Waals surface area contributed by atoms with E-state index in [1.54, 1.807) is 0 Å². The molecule has 1 aliphatic rings. The molecular formula is C11H19N3. The Bertz CT molecular complexity index is 286. The van der Waals surface area contributed by atoms with Crippen LogP contribution in [0.5, 0.6) is 0 Å². The maximum Gasteiger partial charge on any atom is 0.0548 e. The highest BCUT2D eigenvalue weighted by atomic mass is 15.1. The third-order valence-corrected chi connectivity index (χ3v) is 3.30. The summed E-state index contributed by atoms with van der Waals surface area (Å²) in [6, 6.07) is 0.153. The summed E-state index contributed by atoms with van der Waals surface area (Å²) in [7, 11) is 0. The van der Waals surface area contributed by atoms with Crippen molar-refractivity contribution in [3.05, 3.63) is 17.5 Å². The van der Waals surface area contributed by atoms with Gasteiger partial charge in [0, 0.05) is 6.04 Å². The largest absolute Gasteiger partial charge is 0.323 e. The molecule has 78 valence electrons. The van der Waals surface area contributed by atoms with Crippen LogP contribution in [0.3, 0.4) is 0 Å². The molecule has 1 unspecified atom stereocenters. The smallest absolute Gasteiger partial charge is 0.0548 e. The standard InChI is InChI=1S/C11H19N3/c1-8-7-13-14-11(8)10(12)6-9-4-2-3-5-9/h7,9-10H,2-6,12H2,1H3,(H,13,14). The van der Waals surface area contributed by atoms with Crippen LogP contribution in [-0.2, 0) is 0 Å². The van der Waals surface area contributed by atoms with Gasteiger partial charge in [0.25, 0.3) is 0 Å². The van der Waals surface area contributed by atoms with Crippen LogP contribution in [0.15, 0.2) is 6.20 Å². The predicted molar refractivity (Wildman–Crippen MR) is 56.8 cm³/mol. The highest BCUT2D eigenvalue weighted by Crippen LogP contribution is 2.31. The first-order valence-corrected chi connectivity index (χ1v) is 5.53. The van der Waals surface area contributed by atoms with Crippen molar-refractivity contribution in [1.29, 1.82) is 0 Å². The van der Waals surface area contributed by atoms with E-state index in [1.807, 2.05) is 6.20 Å². The first-order chi connectivity index (χ1) is 6.77. The molecule has 0 amide bonds. The maximum atomic E-state index is 6.15. The van der Waals surface area contributed by atoms with E-state index < -0.39 is 0 Å². The van der Waals surface area contributed by atoms with Gasteiger partial charge in [-0.05, 0) is 24.8 Å². The lowest BCUT2D eigenvalue weighted by Gasteiger charge is -2.15. The molecule has 0 spiro atoms. The second kappa shape index (κ2) is 4.13. The van der Waals surface area contributed by atoms with Gasteiger partial charge in [0.05, 0.1) is 11.9 Å². The van der Waals surface area contributed by atoms with Crippen molar-refractivity contribution < 1.29 is 0 Å². The molecule has 3 heteroatoms. The quantitative estimate of drug-likeness (QED) is 0.774. The lowest BCUT2D eigenvalue weighted by atomic mass is 9.96. The topological polar surface area (TPSA) is 54.7 Å². The van der Waals surface area contributed by atoms with Gasteiger partial charge >= 0.3 is 0 Å². The minimum atomic E-state index is 0.153. The van der Waals surface area contributed by atoms with Crippen LogP contribution in [0, 0.1) is 12.8 Å². The fourth-order valence-electron chi connectivity index (χ4n) is 2.45. The molecule has 3 nitrogen and oxygen atoms in total. The Hall–Kier alpha value is -0.830. The second-order valence-electron chi connectivity index (χ2n) is 4.46. The van der Waals surface area contributed by atoms with Gasteiger partial charge in [-0.3, -0.25) is 5.10 Å². The van der Waals surface area contributed by atoms with Crippen molar-refractivity contribution in [1.82, 2.24) is 10.2 Å². The van der Waals surface area contributed by atoms with Gasteiger partial charge < -0.3 is 5.73 Å². The number of aryl methyl sites for hydroxylation is 1. The highest BCUT2D eigenvalue weighted by molar-refractivity contribution is 5.17. The van der Waals surface area contributed by atoms with E-state index in [4.69, 9.17) is 5.73 Å². The normalized spacial score (nSPS) is 20.1.